The maximum Gasteiger partial charge on any atom is 0.329 e. The number of benzene rings is 2. The van der Waals surface area contributed by atoms with Gasteiger partial charge in [0.2, 0.25) is 0 Å². The molecule has 196 valence electrons. The number of rotatable bonds is 13. The maximum atomic E-state index is 13.3. The monoisotopic (exact) mass is 538 g/mol. The van der Waals surface area contributed by atoms with Crippen molar-refractivity contribution in [2.75, 3.05) is 20.2 Å². The Hall–Kier alpha value is -2.81. The van der Waals surface area contributed by atoms with Crippen LogP contribution in [0, 0.1) is 0 Å². The summed E-state index contributed by atoms with van der Waals surface area (Å²) in [5.41, 5.74) is 0.708. The molecule has 2 aromatic carbocycles. The number of carbonyl (C=O) groups excluding carboxylic acids is 3. The van der Waals surface area contributed by atoms with Crippen LogP contribution in [-0.2, 0) is 20.7 Å². The van der Waals surface area contributed by atoms with Gasteiger partial charge in [0.1, 0.15) is 11.1 Å². The Morgan fingerprint density at radius 1 is 1.03 bits per heavy atom. The Morgan fingerprint density at radius 2 is 1.72 bits per heavy atom. The lowest BCUT2D eigenvalue weighted by Gasteiger charge is -2.21. The molecular weight excluding hydrogens is 507 g/mol. The molecule has 0 heterocycles. The first-order valence-electron chi connectivity index (χ1n) is 11.7. The minimum absolute atomic E-state index is 0.0686. The van der Waals surface area contributed by atoms with E-state index < -0.39 is 23.9 Å². The van der Waals surface area contributed by atoms with Gasteiger partial charge < -0.3 is 24.8 Å². The molecule has 0 aliphatic heterocycles. The number of carbonyl (C=O) groups is 3. The van der Waals surface area contributed by atoms with E-state index in [9.17, 15) is 14.4 Å². The first-order chi connectivity index (χ1) is 17.1. The summed E-state index contributed by atoms with van der Waals surface area (Å²) in [6, 6.07) is 9.48. The number of unbranched alkanes of at least 4 members (excludes halogenated alkanes) is 1. The van der Waals surface area contributed by atoms with Crippen LogP contribution in [0.3, 0.4) is 0 Å². The molecule has 2 aromatic rings. The topological polar surface area (TPSA) is 103 Å². The number of nitrogens with one attached hydrogen (secondary N) is 2. The molecular formula is C26H32Cl2N2O6. The van der Waals surface area contributed by atoms with Crippen LogP contribution in [0.4, 0.5) is 0 Å². The Balaban J connectivity index is 2.35. The lowest BCUT2D eigenvalue weighted by Crippen LogP contribution is -2.44. The molecule has 1 atom stereocenters. The quantitative estimate of drug-likeness (QED) is 0.218. The van der Waals surface area contributed by atoms with Crippen molar-refractivity contribution in [3.63, 3.8) is 0 Å². The largest absolute Gasteiger partial charge is 0.490 e. The van der Waals surface area contributed by atoms with Crippen LogP contribution in [-0.4, -0.2) is 50.2 Å². The van der Waals surface area contributed by atoms with Crippen molar-refractivity contribution in [1.29, 1.82) is 0 Å². The highest BCUT2D eigenvalue weighted by atomic mass is 35.5. The maximum absolute atomic E-state index is 13.3. The van der Waals surface area contributed by atoms with Gasteiger partial charge in [-0.3, -0.25) is 9.59 Å². The molecule has 0 spiro atoms. The highest BCUT2D eigenvalue weighted by molar-refractivity contribution is 6.39. The second-order valence-corrected chi connectivity index (χ2v) is 9.12. The van der Waals surface area contributed by atoms with Gasteiger partial charge in [-0.2, -0.15) is 0 Å². The second-order valence-electron chi connectivity index (χ2n) is 8.33. The highest BCUT2D eigenvalue weighted by Crippen LogP contribution is 2.43. The molecule has 0 unspecified atom stereocenters. The van der Waals surface area contributed by atoms with E-state index in [0.717, 1.165) is 24.9 Å². The third kappa shape index (κ3) is 9.00. The van der Waals surface area contributed by atoms with Gasteiger partial charge in [-0.1, -0.05) is 53.5 Å². The van der Waals surface area contributed by atoms with Gasteiger partial charge in [-0.05, 0) is 51.9 Å². The number of esters is 2. The molecule has 8 nitrogen and oxygen atoms in total. The zero-order valence-electron chi connectivity index (χ0n) is 20.9. The molecule has 0 aromatic heterocycles. The van der Waals surface area contributed by atoms with Crippen LogP contribution < -0.4 is 20.1 Å². The van der Waals surface area contributed by atoms with E-state index in [1.165, 1.54) is 13.0 Å². The summed E-state index contributed by atoms with van der Waals surface area (Å²) < 4.78 is 16.3. The summed E-state index contributed by atoms with van der Waals surface area (Å²) in [6.45, 7) is 5.77. The Bertz CT molecular complexity index is 1050. The van der Waals surface area contributed by atoms with Gasteiger partial charge in [0, 0.05) is 13.3 Å². The first-order valence-corrected chi connectivity index (χ1v) is 12.4. The fourth-order valence-corrected chi connectivity index (χ4v) is 3.90. The van der Waals surface area contributed by atoms with Crippen molar-refractivity contribution in [1.82, 2.24) is 10.6 Å². The zero-order chi connectivity index (χ0) is 26.7. The normalized spacial score (nSPS) is 11.6. The molecule has 0 radical (unpaired) electrons. The third-order valence-electron chi connectivity index (χ3n) is 4.91. The van der Waals surface area contributed by atoms with Crippen LogP contribution in [0.5, 0.6) is 11.5 Å². The summed E-state index contributed by atoms with van der Waals surface area (Å²) in [5.74, 6) is -2.09. The number of amides is 1. The van der Waals surface area contributed by atoms with Crippen LogP contribution >= 0.6 is 23.2 Å². The highest BCUT2D eigenvalue weighted by Gasteiger charge is 2.29. The van der Waals surface area contributed by atoms with E-state index in [4.69, 9.17) is 37.4 Å². The lowest BCUT2D eigenvalue weighted by molar-refractivity contribution is -0.149. The predicted octanol–water partition coefficient (Wildman–Crippen LogP) is 4.59. The van der Waals surface area contributed by atoms with E-state index in [1.807, 2.05) is 37.4 Å². The summed E-state index contributed by atoms with van der Waals surface area (Å²) in [4.78, 5) is 37.9. The molecule has 0 aliphatic rings. The Kier molecular flexibility index (Phi) is 12.0. The average molecular weight is 539 g/mol. The molecule has 10 heteroatoms. The lowest BCUT2D eigenvalue weighted by atomic mass is 10.0. The van der Waals surface area contributed by atoms with Gasteiger partial charge >= 0.3 is 11.9 Å². The minimum atomic E-state index is -1.01. The van der Waals surface area contributed by atoms with Crippen molar-refractivity contribution in [2.24, 2.45) is 0 Å². The Morgan fingerprint density at radius 3 is 2.33 bits per heavy atom. The number of hydrogen-bond donors (Lipinski definition) is 2. The molecule has 0 aliphatic carbocycles. The average Bonchev–Trinajstić information content (AvgIpc) is 2.82. The summed E-state index contributed by atoms with van der Waals surface area (Å²) >= 11 is 12.9. The van der Waals surface area contributed by atoms with Crippen LogP contribution in [0.25, 0.3) is 0 Å². The van der Waals surface area contributed by atoms with Crippen LogP contribution in [0.15, 0.2) is 36.4 Å². The fourth-order valence-electron chi connectivity index (χ4n) is 3.30. The number of hydrogen-bond acceptors (Lipinski definition) is 7. The van der Waals surface area contributed by atoms with Crippen molar-refractivity contribution in [2.45, 2.75) is 52.2 Å². The number of ether oxygens (including phenoxy) is 3. The molecule has 1 amide bonds. The summed E-state index contributed by atoms with van der Waals surface area (Å²) in [7, 11) is 1.86. The number of halogens is 2. The smallest absolute Gasteiger partial charge is 0.329 e. The standard InChI is InChI=1S/C26H32Cl2N2O6/c1-16(2)35-26(33)21(14-18-10-6-5-7-11-18)30-25(32)19-15-20(27)24(34-13-9-8-12-29-4)22(28)23(19)36-17(3)31/h5-7,10-11,15-16,21,29H,8-9,12-14H2,1-4H3,(H,30,32)/t21-/m0/s1. The SMILES string of the molecule is CNCCCCOc1c(Cl)cc(C(=O)N[C@@H](Cc2ccccc2)C(=O)OC(C)C)c(OC(C)=O)c1Cl. The molecule has 2 rings (SSSR count). The predicted molar refractivity (Wildman–Crippen MR) is 139 cm³/mol. The molecule has 0 fully saturated rings. The van der Waals surface area contributed by atoms with E-state index in [-0.39, 0.29) is 39.6 Å². The van der Waals surface area contributed by atoms with Crippen molar-refractivity contribution in [3.05, 3.63) is 57.6 Å². The second kappa shape index (κ2) is 14.7. The van der Waals surface area contributed by atoms with E-state index in [1.54, 1.807) is 13.8 Å². The van der Waals surface area contributed by atoms with Gasteiger partial charge in [0.05, 0.1) is 23.3 Å². The third-order valence-corrected chi connectivity index (χ3v) is 5.54. The van der Waals surface area contributed by atoms with E-state index in [0.29, 0.717) is 6.61 Å². The summed E-state index contributed by atoms with van der Waals surface area (Å²) in [6.07, 6.45) is 1.42. The van der Waals surface area contributed by atoms with E-state index >= 15 is 0 Å². The molecule has 0 bridgehead atoms. The van der Waals surface area contributed by atoms with E-state index in [2.05, 4.69) is 10.6 Å². The van der Waals surface area contributed by atoms with Crippen molar-refractivity contribution in [3.8, 4) is 11.5 Å². The Labute approximate surface area is 221 Å². The van der Waals surface area contributed by atoms with Gasteiger partial charge in [0.15, 0.2) is 11.5 Å². The molecule has 2 N–H and O–H groups in total. The molecule has 0 saturated carbocycles. The van der Waals surface area contributed by atoms with Gasteiger partial charge in [-0.15, -0.1) is 0 Å². The molecule has 0 saturated heterocycles. The van der Waals surface area contributed by atoms with Crippen LogP contribution in [0.2, 0.25) is 10.0 Å². The first kappa shape index (κ1) is 29.4. The zero-order valence-corrected chi connectivity index (χ0v) is 22.4. The van der Waals surface area contributed by atoms with Crippen molar-refractivity contribution < 1.29 is 28.6 Å². The minimum Gasteiger partial charge on any atom is -0.490 e. The van der Waals surface area contributed by atoms with Gasteiger partial charge in [0.25, 0.3) is 5.91 Å². The van der Waals surface area contributed by atoms with Gasteiger partial charge in [-0.25, -0.2) is 4.79 Å². The van der Waals surface area contributed by atoms with Crippen molar-refractivity contribution >= 4 is 41.0 Å². The fraction of sp³-hybridized carbons (Fsp3) is 0.423. The summed E-state index contributed by atoms with van der Waals surface area (Å²) in [5, 5.41) is 5.68. The van der Waals surface area contributed by atoms with Crippen LogP contribution in [0.1, 0.15) is 49.5 Å². The molecule has 36 heavy (non-hydrogen) atoms.